The van der Waals surface area contributed by atoms with E-state index in [0.717, 1.165) is 4.90 Å². The number of nitrogens with zero attached hydrogens (tertiary/aromatic N) is 2. The van der Waals surface area contributed by atoms with Gasteiger partial charge in [0.2, 0.25) is 5.91 Å². The summed E-state index contributed by atoms with van der Waals surface area (Å²) in [6.45, 7) is 8.44. The van der Waals surface area contributed by atoms with E-state index in [1.54, 1.807) is 23.9 Å². The van der Waals surface area contributed by atoms with E-state index in [1.165, 1.54) is 15.7 Å². The van der Waals surface area contributed by atoms with Crippen LogP contribution in [0.2, 0.25) is 0 Å². The fraction of sp³-hybridized carbons (Fsp3) is 0.318. The second-order valence-corrected chi connectivity index (χ2v) is 8.94. The molecule has 1 amide bonds. The Morgan fingerprint density at radius 3 is 2.57 bits per heavy atom. The molecule has 2 aromatic carbocycles. The lowest BCUT2D eigenvalue weighted by Crippen LogP contribution is -2.31. The molecule has 0 spiro atoms. The van der Waals surface area contributed by atoms with Crippen LogP contribution in [0.4, 0.5) is 0 Å². The summed E-state index contributed by atoms with van der Waals surface area (Å²) in [7, 11) is 0. The Morgan fingerprint density at radius 2 is 1.89 bits per heavy atom. The molecule has 0 fully saturated rings. The van der Waals surface area contributed by atoms with Gasteiger partial charge in [0.05, 0.1) is 16.7 Å². The number of nitrogens with two attached hydrogens (primary N) is 1. The quantitative estimate of drug-likeness (QED) is 0.667. The normalized spacial score (nSPS) is 11.7. The second-order valence-electron chi connectivity index (χ2n) is 7.92. The van der Waals surface area contributed by atoms with Gasteiger partial charge < -0.3 is 5.73 Å². The average Bonchev–Trinajstić information content (AvgIpc) is 2.62. The van der Waals surface area contributed by atoms with Crippen molar-refractivity contribution < 1.29 is 4.79 Å². The number of benzene rings is 2. The lowest BCUT2D eigenvalue weighted by molar-refractivity contribution is -0.118. The molecule has 0 aliphatic heterocycles. The van der Waals surface area contributed by atoms with Crippen LogP contribution in [0.1, 0.15) is 37.7 Å². The molecular weight excluding hydrogens is 370 g/mol. The van der Waals surface area contributed by atoms with Crippen molar-refractivity contribution in [3.05, 3.63) is 69.8 Å². The number of carbonyl (C=O) groups excluding carboxylic acids is 1. The largest absolute Gasteiger partial charge is 0.368 e. The molecule has 1 heterocycles. The number of hydrogen-bond donors (Lipinski definition) is 1. The zero-order valence-electron chi connectivity index (χ0n) is 16.7. The van der Waals surface area contributed by atoms with Crippen LogP contribution in [-0.4, -0.2) is 15.5 Å². The summed E-state index contributed by atoms with van der Waals surface area (Å²) in [5, 5.41) is 0.489. The van der Waals surface area contributed by atoms with Gasteiger partial charge in [-0.2, -0.15) is 0 Å². The minimum Gasteiger partial charge on any atom is -0.368 e. The van der Waals surface area contributed by atoms with Crippen molar-refractivity contribution >= 4 is 28.6 Å². The number of amides is 1. The zero-order valence-corrected chi connectivity index (χ0v) is 17.5. The number of carbonyl (C=O) groups is 1. The Balaban J connectivity index is 2.01. The van der Waals surface area contributed by atoms with Crippen molar-refractivity contribution in [1.29, 1.82) is 0 Å². The Kier molecular flexibility index (Phi) is 5.61. The van der Waals surface area contributed by atoms with Gasteiger partial charge >= 0.3 is 0 Å². The van der Waals surface area contributed by atoms with Crippen LogP contribution >= 0.6 is 11.8 Å². The van der Waals surface area contributed by atoms with Crippen molar-refractivity contribution in [1.82, 2.24) is 9.55 Å². The summed E-state index contributed by atoms with van der Waals surface area (Å²) in [4.78, 5) is 30.2. The van der Waals surface area contributed by atoms with Gasteiger partial charge in [-0.3, -0.25) is 14.2 Å². The molecule has 6 heteroatoms. The number of thioether (sulfide) groups is 1. The third-order valence-electron chi connectivity index (χ3n) is 4.67. The van der Waals surface area contributed by atoms with Gasteiger partial charge in [-0.25, -0.2) is 4.98 Å². The van der Waals surface area contributed by atoms with Crippen molar-refractivity contribution in [2.24, 2.45) is 5.73 Å². The zero-order chi connectivity index (χ0) is 20.5. The van der Waals surface area contributed by atoms with Crippen molar-refractivity contribution in [3.8, 4) is 0 Å². The molecule has 0 saturated heterocycles. The summed E-state index contributed by atoms with van der Waals surface area (Å²) in [6.07, 6.45) is 0. The summed E-state index contributed by atoms with van der Waals surface area (Å²) >= 11 is 1.61. The highest BCUT2D eigenvalue weighted by Gasteiger charge is 2.16. The number of fused-ring (bicyclic) bond motifs is 1. The van der Waals surface area contributed by atoms with E-state index in [1.807, 2.05) is 12.1 Å². The molecule has 0 bridgehead atoms. The first-order chi connectivity index (χ1) is 13.2. The highest BCUT2D eigenvalue weighted by molar-refractivity contribution is 7.98. The van der Waals surface area contributed by atoms with E-state index < -0.39 is 5.91 Å². The Hall–Kier alpha value is -2.60. The van der Waals surface area contributed by atoms with E-state index in [-0.39, 0.29) is 17.5 Å². The van der Waals surface area contributed by atoms with E-state index in [0.29, 0.717) is 22.5 Å². The van der Waals surface area contributed by atoms with Crippen LogP contribution in [0.5, 0.6) is 0 Å². The van der Waals surface area contributed by atoms with Crippen LogP contribution in [0.25, 0.3) is 10.9 Å². The first kappa shape index (κ1) is 20.1. The molecule has 0 aliphatic rings. The van der Waals surface area contributed by atoms with Gasteiger partial charge in [-0.1, -0.05) is 45.0 Å². The topological polar surface area (TPSA) is 78.0 Å². The average molecular weight is 396 g/mol. The molecule has 3 aromatic rings. The van der Waals surface area contributed by atoms with Gasteiger partial charge in [0.1, 0.15) is 12.4 Å². The van der Waals surface area contributed by atoms with Gasteiger partial charge in [-0.15, -0.1) is 11.8 Å². The molecule has 3 rings (SSSR count). The lowest BCUT2D eigenvalue weighted by atomic mass is 9.87. The number of aromatic nitrogens is 2. The van der Waals surface area contributed by atoms with Crippen LogP contribution in [-0.2, 0) is 22.5 Å². The molecule has 5 nitrogen and oxygen atoms in total. The Labute approximate surface area is 169 Å². The predicted octanol–water partition coefficient (Wildman–Crippen LogP) is 3.78. The number of hydrogen-bond acceptors (Lipinski definition) is 4. The maximum Gasteiger partial charge on any atom is 0.261 e. The minimum absolute atomic E-state index is 0.0538. The standard InChI is InChI=1S/C22H25N3O2S/c1-14-9-10-15(22(2,3)4)11-18(14)28-13-20-24-17-8-6-5-7-16(17)21(27)25(20)12-19(23)26/h5-11H,12-13H2,1-4H3,(H2,23,26). The van der Waals surface area contributed by atoms with Gasteiger partial charge in [-0.05, 0) is 41.7 Å². The molecule has 146 valence electrons. The molecule has 0 saturated carbocycles. The van der Waals surface area contributed by atoms with Crippen molar-refractivity contribution in [2.75, 3.05) is 0 Å². The highest BCUT2D eigenvalue weighted by atomic mass is 32.2. The van der Waals surface area contributed by atoms with Crippen LogP contribution < -0.4 is 11.3 Å². The van der Waals surface area contributed by atoms with E-state index in [9.17, 15) is 9.59 Å². The minimum atomic E-state index is -0.559. The Morgan fingerprint density at radius 1 is 1.18 bits per heavy atom. The van der Waals surface area contributed by atoms with Crippen LogP contribution in [0.15, 0.2) is 52.2 Å². The molecule has 0 atom stereocenters. The molecule has 0 radical (unpaired) electrons. The summed E-state index contributed by atoms with van der Waals surface area (Å²) in [5.41, 5.74) is 8.24. The number of rotatable bonds is 5. The Bertz CT molecular complexity index is 1100. The van der Waals surface area contributed by atoms with Gasteiger partial charge in [0.25, 0.3) is 5.56 Å². The smallest absolute Gasteiger partial charge is 0.261 e. The second kappa shape index (κ2) is 7.80. The first-order valence-corrected chi connectivity index (χ1v) is 10.2. The summed E-state index contributed by atoms with van der Waals surface area (Å²) in [6, 6.07) is 13.6. The molecule has 2 N–H and O–H groups in total. The summed E-state index contributed by atoms with van der Waals surface area (Å²) in [5.74, 6) is 0.464. The SMILES string of the molecule is Cc1ccc(C(C)(C)C)cc1SCc1nc2ccccc2c(=O)n1CC(N)=O. The van der Waals surface area contributed by atoms with Crippen LogP contribution in [0, 0.1) is 6.92 Å². The fourth-order valence-corrected chi connectivity index (χ4v) is 4.02. The molecule has 28 heavy (non-hydrogen) atoms. The number of aryl methyl sites for hydroxylation is 1. The number of para-hydroxylation sites is 1. The predicted molar refractivity (Wildman–Crippen MR) is 115 cm³/mol. The van der Waals surface area contributed by atoms with Crippen LogP contribution in [0.3, 0.4) is 0 Å². The van der Waals surface area contributed by atoms with Gasteiger partial charge in [0.15, 0.2) is 0 Å². The van der Waals surface area contributed by atoms with Crippen molar-refractivity contribution in [3.63, 3.8) is 0 Å². The molecule has 0 unspecified atom stereocenters. The fourth-order valence-electron chi connectivity index (χ4n) is 3.01. The lowest BCUT2D eigenvalue weighted by Gasteiger charge is -2.21. The number of primary amides is 1. The molecular formula is C22H25N3O2S. The first-order valence-electron chi connectivity index (χ1n) is 9.17. The third-order valence-corrected chi connectivity index (χ3v) is 5.82. The van der Waals surface area contributed by atoms with E-state index in [4.69, 9.17) is 5.73 Å². The molecule has 0 aliphatic carbocycles. The van der Waals surface area contributed by atoms with Crippen molar-refractivity contribution in [2.45, 2.75) is 50.3 Å². The molecule has 1 aromatic heterocycles. The maximum atomic E-state index is 12.9. The van der Waals surface area contributed by atoms with Gasteiger partial charge in [0, 0.05) is 4.90 Å². The highest BCUT2D eigenvalue weighted by Crippen LogP contribution is 2.31. The summed E-state index contributed by atoms with van der Waals surface area (Å²) < 4.78 is 1.39. The monoisotopic (exact) mass is 395 g/mol. The van der Waals surface area contributed by atoms with E-state index >= 15 is 0 Å². The maximum absolute atomic E-state index is 12.9. The van der Waals surface area contributed by atoms with E-state index in [2.05, 4.69) is 50.9 Å². The third kappa shape index (κ3) is 4.28.